The van der Waals surface area contributed by atoms with Gasteiger partial charge in [-0.25, -0.2) is 9.78 Å². The maximum Gasteiger partial charge on any atom is 0.490 e. The van der Waals surface area contributed by atoms with Gasteiger partial charge in [0.15, 0.2) is 5.82 Å². The fraction of sp³-hybridized carbons (Fsp3) is 0.333. The van der Waals surface area contributed by atoms with Crippen LogP contribution in [-0.4, -0.2) is 63.5 Å². The normalized spacial score (nSPS) is 14.0. The van der Waals surface area contributed by atoms with Crippen molar-refractivity contribution in [2.24, 2.45) is 0 Å². The van der Waals surface area contributed by atoms with Crippen LogP contribution in [0.25, 0.3) is 22.6 Å². The number of morpholine rings is 1. The molecule has 0 aliphatic carbocycles. The Kier molecular flexibility index (Phi) is 7.08. The van der Waals surface area contributed by atoms with Crippen LogP contribution >= 0.6 is 0 Å². The number of carboxylic acid groups (broad SMARTS) is 1. The zero-order valence-corrected chi connectivity index (χ0v) is 17.5. The number of anilines is 1. The third kappa shape index (κ3) is 5.82. The molecule has 11 heteroatoms. The SMILES string of the molecule is Cc1nc(-c2cc(-c3cncc(N4CCOCC4)c3)ccn2)[nH]c1C.O=C(O)C(F)(F)F. The summed E-state index contributed by atoms with van der Waals surface area (Å²) in [7, 11) is 0. The van der Waals surface area contributed by atoms with Crippen molar-refractivity contribution < 1.29 is 27.8 Å². The molecule has 0 amide bonds. The first kappa shape index (κ1) is 23.2. The Morgan fingerprint density at radius 3 is 2.44 bits per heavy atom. The largest absolute Gasteiger partial charge is 0.490 e. The fourth-order valence-corrected chi connectivity index (χ4v) is 2.99. The van der Waals surface area contributed by atoms with E-state index in [-0.39, 0.29) is 0 Å². The van der Waals surface area contributed by atoms with Crippen LogP contribution < -0.4 is 4.90 Å². The van der Waals surface area contributed by atoms with E-state index in [2.05, 4.69) is 37.0 Å². The van der Waals surface area contributed by atoms with Crippen molar-refractivity contribution in [3.05, 3.63) is 48.2 Å². The topological polar surface area (TPSA) is 104 Å². The van der Waals surface area contributed by atoms with E-state index >= 15 is 0 Å². The van der Waals surface area contributed by atoms with E-state index < -0.39 is 12.1 Å². The molecule has 3 aromatic heterocycles. The molecule has 0 unspecified atom stereocenters. The Bertz CT molecular complexity index is 1060. The Hall–Kier alpha value is -3.47. The van der Waals surface area contributed by atoms with Crippen molar-refractivity contribution >= 4 is 11.7 Å². The van der Waals surface area contributed by atoms with Crippen LogP contribution in [0.4, 0.5) is 18.9 Å². The third-order valence-corrected chi connectivity index (χ3v) is 4.81. The van der Waals surface area contributed by atoms with E-state index in [1.807, 2.05) is 38.5 Å². The van der Waals surface area contributed by atoms with Crippen molar-refractivity contribution in [3.8, 4) is 22.6 Å². The zero-order chi connectivity index (χ0) is 23.3. The molecule has 0 saturated carbocycles. The van der Waals surface area contributed by atoms with Gasteiger partial charge in [0.05, 0.1) is 30.8 Å². The van der Waals surface area contributed by atoms with Crippen LogP contribution in [0.2, 0.25) is 0 Å². The van der Waals surface area contributed by atoms with Crippen molar-refractivity contribution in [1.82, 2.24) is 19.9 Å². The summed E-state index contributed by atoms with van der Waals surface area (Å²) in [6, 6.07) is 6.24. The highest BCUT2D eigenvalue weighted by Gasteiger charge is 2.38. The lowest BCUT2D eigenvalue weighted by Gasteiger charge is -2.28. The lowest BCUT2D eigenvalue weighted by molar-refractivity contribution is -0.192. The number of alkyl halides is 3. The number of nitrogens with one attached hydrogen (secondary N) is 1. The molecule has 4 heterocycles. The van der Waals surface area contributed by atoms with Crippen molar-refractivity contribution in [2.75, 3.05) is 31.2 Å². The predicted molar refractivity (Wildman–Crippen MR) is 111 cm³/mol. The van der Waals surface area contributed by atoms with Gasteiger partial charge in [0.1, 0.15) is 5.69 Å². The summed E-state index contributed by atoms with van der Waals surface area (Å²) in [5.74, 6) is -1.96. The average molecular weight is 449 g/mol. The first-order valence-corrected chi connectivity index (χ1v) is 9.73. The van der Waals surface area contributed by atoms with Gasteiger partial charge in [-0.3, -0.25) is 9.97 Å². The van der Waals surface area contributed by atoms with E-state index in [0.717, 1.165) is 66.0 Å². The number of pyridine rings is 2. The van der Waals surface area contributed by atoms with E-state index in [0.29, 0.717) is 0 Å². The van der Waals surface area contributed by atoms with Crippen LogP contribution in [0.15, 0.2) is 36.8 Å². The number of ether oxygens (including phenoxy) is 1. The number of carboxylic acids is 1. The zero-order valence-electron chi connectivity index (χ0n) is 17.5. The molecule has 0 radical (unpaired) electrons. The summed E-state index contributed by atoms with van der Waals surface area (Å²) >= 11 is 0. The molecular weight excluding hydrogens is 427 g/mol. The molecule has 1 aliphatic heterocycles. The van der Waals surface area contributed by atoms with Crippen LogP contribution in [0.1, 0.15) is 11.4 Å². The summed E-state index contributed by atoms with van der Waals surface area (Å²) in [5.41, 5.74) is 6.19. The van der Waals surface area contributed by atoms with Gasteiger partial charge in [0.2, 0.25) is 0 Å². The summed E-state index contributed by atoms with van der Waals surface area (Å²) in [6.45, 7) is 7.34. The van der Waals surface area contributed by atoms with Gasteiger partial charge >= 0.3 is 12.1 Å². The molecule has 4 rings (SSSR count). The second-order valence-electron chi connectivity index (χ2n) is 7.06. The monoisotopic (exact) mass is 449 g/mol. The molecule has 0 spiro atoms. The molecule has 0 bridgehead atoms. The highest BCUT2D eigenvalue weighted by Crippen LogP contribution is 2.26. The molecule has 0 aromatic carbocycles. The van der Waals surface area contributed by atoms with Gasteiger partial charge in [-0.1, -0.05) is 0 Å². The summed E-state index contributed by atoms with van der Waals surface area (Å²) in [5, 5.41) is 7.12. The number of aliphatic carboxylic acids is 1. The van der Waals surface area contributed by atoms with E-state index in [9.17, 15) is 13.2 Å². The number of H-pyrrole nitrogens is 1. The molecule has 0 atom stereocenters. The number of imidazole rings is 1. The van der Waals surface area contributed by atoms with E-state index in [1.54, 1.807) is 0 Å². The van der Waals surface area contributed by atoms with Crippen LogP contribution in [0, 0.1) is 13.8 Å². The minimum atomic E-state index is -5.08. The quantitative estimate of drug-likeness (QED) is 0.629. The Balaban J connectivity index is 0.000000360. The molecule has 3 aromatic rings. The lowest BCUT2D eigenvalue weighted by atomic mass is 10.1. The summed E-state index contributed by atoms with van der Waals surface area (Å²) in [6.07, 6.45) is 0.539. The average Bonchev–Trinajstić information content (AvgIpc) is 3.13. The second kappa shape index (κ2) is 9.77. The Morgan fingerprint density at radius 2 is 1.84 bits per heavy atom. The molecule has 1 saturated heterocycles. The standard InChI is InChI=1S/C19H21N5O.C2HF3O2/c1-13-14(2)23-19(22-13)18-10-15(3-4-21-18)16-9-17(12-20-11-16)24-5-7-25-8-6-24;3-2(4,5)1(6)7/h3-4,9-12H,5-8H2,1-2H3,(H,22,23);(H,6,7). The first-order valence-electron chi connectivity index (χ1n) is 9.73. The van der Waals surface area contributed by atoms with Gasteiger partial charge in [-0.05, 0) is 37.6 Å². The van der Waals surface area contributed by atoms with Crippen molar-refractivity contribution in [1.29, 1.82) is 0 Å². The Labute approximate surface area is 182 Å². The Morgan fingerprint density at radius 1 is 1.16 bits per heavy atom. The van der Waals surface area contributed by atoms with Gasteiger partial charge in [-0.15, -0.1) is 0 Å². The van der Waals surface area contributed by atoms with Gasteiger partial charge in [0, 0.05) is 36.7 Å². The molecule has 8 nitrogen and oxygen atoms in total. The van der Waals surface area contributed by atoms with E-state index in [1.165, 1.54) is 0 Å². The number of rotatable bonds is 3. The van der Waals surface area contributed by atoms with Crippen LogP contribution in [-0.2, 0) is 9.53 Å². The molecule has 32 heavy (non-hydrogen) atoms. The number of halogens is 3. The minimum Gasteiger partial charge on any atom is -0.475 e. The summed E-state index contributed by atoms with van der Waals surface area (Å²) in [4.78, 5) is 27.9. The van der Waals surface area contributed by atoms with Crippen LogP contribution in [0.3, 0.4) is 0 Å². The fourth-order valence-electron chi connectivity index (χ4n) is 2.99. The highest BCUT2D eigenvalue weighted by atomic mass is 19.4. The third-order valence-electron chi connectivity index (χ3n) is 4.81. The van der Waals surface area contributed by atoms with Gasteiger partial charge in [-0.2, -0.15) is 13.2 Å². The number of aromatic amines is 1. The second-order valence-corrected chi connectivity index (χ2v) is 7.06. The number of hydrogen-bond donors (Lipinski definition) is 2. The lowest BCUT2D eigenvalue weighted by Crippen LogP contribution is -2.36. The smallest absolute Gasteiger partial charge is 0.475 e. The van der Waals surface area contributed by atoms with Crippen molar-refractivity contribution in [2.45, 2.75) is 20.0 Å². The first-order chi connectivity index (χ1) is 15.1. The van der Waals surface area contributed by atoms with Crippen LogP contribution in [0.5, 0.6) is 0 Å². The number of carbonyl (C=O) groups is 1. The van der Waals surface area contributed by atoms with Gasteiger partial charge < -0.3 is 19.7 Å². The molecule has 170 valence electrons. The van der Waals surface area contributed by atoms with Crippen molar-refractivity contribution in [3.63, 3.8) is 0 Å². The highest BCUT2D eigenvalue weighted by molar-refractivity contribution is 5.73. The maximum atomic E-state index is 10.6. The molecule has 1 fully saturated rings. The van der Waals surface area contributed by atoms with E-state index in [4.69, 9.17) is 14.6 Å². The van der Waals surface area contributed by atoms with Gasteiger partial charge in [0.25, 0.3) is 0 Å². The predicted octanol–water partition coefficient (Wildman–Crippen LogP) is 3.62. The molecule has 1 aliphatic rings. The molecular formula is C21H22F3N5O3. The molecule has 2 N–H and O–H groups in total. The number of hydrogen-bond acceptors (Lipinski definition) is 6. The summed E-state index contributed by atoms with van der Waals surface area (Å²) < 4.78 is 37.2. The number of nitrogens with zero attached hydrogens (tertiary/aromatic N) is 4. The minimum absolute atomic E-state index is 0.765. The number of aromatic nitrogens is 4. The number of aryl methyl sites for hydroxylation is 2. The maximum absolute atomic E-state index is 10.6.